The van der Waals surface area contributed by atoms with E-state index in [0.29, 0.717) is 6.42 Å². The average molecular weight is 170 g/mol. The van der Waals surface area contributed by atoms with Crippen LogP contribution in [0.1, 0.15) is 19.8 Å². The predicted molar refractivity (Wildman–Crippen MR) is 36.6 cm³/mol. The summed E-state index contributed by atoms with van der Waals surface area (Å²) in [5.74, 6) is 0. The molecule has 0 N–H and O–H groups in total. The van der Waals surface area contributed by atoms with Crippen molar-refractivity contribution in [2.24, 2.45) is 0 Å². The van der Waals surface area contributed by atoms with E-state index in [-0.39, 0.29) is 6.61 Å². The summed E-state index contributed by atoms with van der Waals surface area (Å²) < 4.78 is 30.8. The molecule has 0 aromatic carbocycles. The largest absolute Gasteiger partial charge is 0.512 e. The van der Waals surface area contributed by atoms with Gasteiger partial charge in [0.15, 0.2) is 0 Å². The van der Waals surface area contributed by atoms with Crippen molar-refractivity contribution >= 4 is 7.91 Å². The SMILES string of the molecule is CCCCOP(=O)(F)OC. The Morgan fingerprint density at radius 3 is 2.60 bits per heavy atom. The first-order valence-electron chi connectivity index (χ1n) is 3.12. The molecule has 0 spiro atoms. The standard InChI is InChI=1S/C5H12FO3P/c1-3-4-5-9-10(6,7)8-2/h3-5H2,1-2H3. The second kappa shape index (κ2) is 4.83. The summed E-state index contributed by atoms with van der Waals surface area (Å²) in [5, 5.41) is 0. The first kappa shape index (κ1) is 10.1. The summed E-state index contributed by atoms with van der Waals surface area (Å²) >= 11 is 0. The quantitative estimate of drug-likeness (QED) is 0.469. The van der Waals surface area contributed by atoms with Gasteiger partial charge in [-0.2, -0.15) is 0 Å². The molecule has 0 aliphatic heterocycles. The number of halogens is 1. The minimum atomic E-state index is -4.20. The second-order valence-corrected chi connectivity index (χ2v) is 3.28. The van der Waals surface area contributed by atoms with Crippen LogP contribution in [0.2, 0.25) is 0 Å². The molecule has 0 fully saturated rings. The molecule has 0 amide bonds. The highest BCUT2D eigenvalue weighted by molar-refractivity contribution is 7.48. The molecule has 62 valence electrons. The summed E-state index contributed by atoms with van der Waals surface area (Å²) in [4.78, 5) is 0. The van der Waals surface area contributed by atoms with Gasteiger partial charge in [-0.15, -0.1) is 4.20 Å². The van der Waals surface area contributed by atoms with E-state index in [1.807, 2.05) is 6.92 Å². The maximum absolute atomic E-state index is 12.3. The van der Waals surface area contributed by atoms with Crippen molar-refractivity contribution in [3.63, 3.8) is 0 Å². The van der Waals surface area contributed by atoms with Crippen molar-refractivity contribution in [1.29, 1.82) is 0 Å². The number of rotatable bonds is 5. The van der Waals surface area contributed by atoms with Gasteiger partial charge in [0.05, 0.1) is 6.61 Å². The fraction of sp³-hybridized carbons (Fsp3) is 1.00. The Morgan fingerprint density at radius 1 is 1.60 bits per heavy atom. The van der Waals surface area contributed by atoms with E-state index in [9.17, 15) is 8.76 Å². The monoisotopic (exact) mass is 170 g/mol. The topological polar surface area (TPSA) is 35.5 Å². The maximum atomic E-state index is 12.3. The van der Waals surface area contributed by atoms with E-state index in [4.69, 9.17) is 0 Å². The summed E-state index contributed by atoms with van der Waals surface area (Å²) in [5.41, 5.74) is 0. The Bertz CT molecular complexity index is 128. The van der Waals surface area contributed by atoms with Crippen LogP contribution < -0.4 is 0 Å². The minimum absolute atomic E-state index is 0.151. The van der Waals surface area contributed by atoms with Gasteiger partial charge in [0.25, 0.3) is 0 Å². The molecule has 0 saturated carbocycles. The highest BCUT2D eigenvalue weighted by Crippen LogP contribution is 2.48. The third-order valence-corrected chi connectivity index (χ3v) is 1.89. The highest BCUT2D eigenvalue weighted by Gasteiger charge is 2.20. The second-order valence-electron chi connectivity index (χ2n) is 1.80. The zero-order valence-electron chi connectivity index (χ0n) is 6.17. The minimum Gasteiger partial charge on any atom is -0.287 e. The van der Waals surface area contributed by atoms with Gasteiger partial charge in [-0.1, -0.05) is 13.3 Å². The molecule has 0 aromatic rings. The third kappa shape index (κ3) is 4.91. The van der Waals surface area contributed by atoms with E-state index in [1.54, 1.807) is 0 Å². The summed E-state index contributed by atoms with van der Waals surface area (Å²) in [6, 6.07) is 0. The lowest BCUT2D eigenvalue weighted by Gasteiger charge is -2.04. The lowest BCUT2D eigenvalue weighted by molar-refractivity contribution is 0.199. The number of unbranched alkanes of at least 4 members (excludes halogenated alkanes) is 1. The third-order valence-electron chi connectivity index (χ3n) is 0.961. The number of hydrogen-bond donors (Lipinski definition) is 0. The van der Waals surface area contributed by atoms with Crippen molar-refractivity contribution in [3.8, 4) is 0 Å². The Hall–Kier alpha value is 0.0800. The molecule has 0 bridgehead atoms. The van der Waals surface area contributed by atoms with Crippen molar-refractivity contribution in [2.75, 3.05) is 13.7 Å². The van der Waals surface area contributed by atoms with Crippen LogP contribution >= 0.6 is 7.91 Å². The molecule has 0 radical (unpaired) electrons. The van der Waals surface area contributed by atoms with Gasteiger partial charge in [0.2, 0.25) is 0 Å². The van der Waals surface area contributed by atoms with Gasteiger partial charge >= 0.3 is 7.91 Å². The van der Waals surface area contributed by atoms with Crippen molar-refractivity contribution in [1.82, 2.24) is 0 Å². The van der Waals surface area contributed by atoms with E-state index >= 15 is 0 Å². The molecule has 0 rings (SSSR count). The van der Waals surface area contributed by atoms with Crippen LogP contribution in [0.5, 0.6) is 0 Å². The van der Waals surface area contributed by atoms with Gasteiger partial charge in [-0.3, -0.25) is 9.05 Å². The first-order valence-corrected chi connectivity index (χ1v) is 4.55. The van der Waals surface area contributed by atoms with Crippen LogP contribution in [0.15, 0.2) is 0 Å². The highest BCUT2D eigenvalue weighted by atomic mass is 31.2. The van der Waals surface area contributed by atoms with Crippen molar-refractivity contribution < 1.29 is 17.8 Å². The Kier molecular flexibility index (Phi) is 4.87. The van der Waals surface area contributed by atoms with E-state index in [2.05, 4.69) is 9.05 Å². The first-order chi connectivity index (χ1) is 4.62. The molecule has 0 aliphatic rings. The van der Waals surface area contributed by atoms with Gasteiger partial charge in [0.1, 0.15) is 0 Å². The molecule has 1 unspecified atom stereocenters. The van der Waals surface area contributed by atoms with Crippen LogP contribution in [-0.4, -0.2) is 13.7 Å². The van der Waals surface area contributed by atoms with E-state index in [1.165, 1.54) is 0 Å². The molecule has 0 aromatic heterocycles. The van der Waals surface area contributed by atoms with Crippen LogP contribution in [0.3, 0.4) is 0 Å². The molecule has 3 nitrogen and oxygen atoms in total. The molecule has 10 heavy (non-hydrogen) atoms. The van der Waals surface area contributed by atoms with Crippen molar-refractivity contribution in [2.45, 2.75) is 19.8 Å². The Balaban J connectivity index is 3.38. The Labute approximate surface area is 60.2 Å². The van der Waals surface area contributed by atoms with Crippen LogP contribution in [0.4, 0.5) is 4.20 Å². The van der Waals surface area contributed by atoms with Gasteiger partial charge < -0.3 is 0 Å². The van der Waals surface area contributed by atoms with Crippen molar-refractivity contribution in [3.05, 3.63) is 0 Å². The van der Waals surface area contributed by atoms with E-state index in [0.717, 1.165) is 13.5 Å². The fourth-order valence-corrected chi connectivity index (χ4v) is 0.823. The normalized spacial score (nSPS) is 16.7. The zero-order valence-corrected chi connectivity index (χ0v) is 7.07. The molecule has 5 heteroatoms. The van der Waals surface area contributed by atoms with Gasteiger partial charge in [-0.25, -0.2) is 4.57 Å². The van der Waals surface area contributed by atoms with Crippen LogP contribution in [-0.2, 0) is 13.6 Å². The molecular weight excluding hydrogens is 158 g/mol. The molecule has 0 heterocycles. The van der Waals surface area contributed by atoms with E-state index < -0.39 is 7.91 Å². The number of hydrogen-bond acceptors (Lipinski definition) is 3. The molecular formula is C5H12FO3P. The molecule has 0 aliphatic carbocycles. The lowest BCUT2D eigenvalue weighted by atomic mass is 10.4. The fourth-order valence-electron chi connectivity index (χ4n) is 0.371. The molecule has 0 saturated heterocycles. The molecule has 1 atom stereocenters. The van der Waals surface area contributed by atoms with Crippen LogP contribution in [0.25, 0.3) is 0 Å². The summed E-state index contributed by atoms with van der Waals surface area (Å²) in [6.07, 6.45) is 1.57. The predicted octanol–water partition coefficient (Wildman–Crippen LogP) is 2.53. The van der Waals surface area contributed by atoms with Gasteiger partial charge in [0, 0.05) is 7.11 Å². The summed E-state index contributed by atoms with van der Waals surface area (Å²) in [7, 11) is -3.18. The van der Waals surface area contributed by atoms with Crippen LogP contribution in [0, 0.1) is 0 Å². The van der Waals surface area contributed by atoms with Gasteiger partial charge in [-0.05, 0) is 6.42 Å². The zero-order chi connectivity index (χ0) is 8.04. The summed E-state index contributed by atoms with van der Waals surface area (Å²) in [6.45, 7) is 2.08. The maximum Gasteiger partial charge on any atom is 0.512 e. The Morgan fingerprint density at radius 2 is 2.20 bits per heavy atom. The average Bonchev–Trinajstić information content (AvgIpc) is 1.89. The smallest absolute Gasteiger partial charge is 0.287 e. The lowest BCUT2D eigenvalue weighted by Crippen LogP contribution is -1.90.